The van der Waals surface area contributed by atoms with Crippen molar-refractivity contribution in [1.29, 1.82) is 5.26 Å². The van der Waals surface area contributed by atoms with Crippen LogP contribution in [0, 0.1) is 23.2 Å². The van der Waals surface area contributed by atoms with Gasteiger partial charge in [-0.3, -0.25) is 24.8 Å². The molecule has 15 nitrogen and oxygen atoms in total. The second kappa shape index (κ2) is 17.0. The molecule has 5 saturated heterocycles. The number of piperazine rings is 1. The van der Waals surface area contributed by atoms with Gasteiger partial charge in [0.05, 0.1) is 40.1 Å². The summed E-state index contributed by atoms with van der Waals surface area (Å²) >= 11 is 1.64. The summed E-state index contributed by atoms with van der Waals surface area (Å²) < 4.78 is 7.48. The molecule has 5 aliphatic rings. The zero-order chi connectivity index (χ0) is 40.5. The summed E-state index contributed by atoms with van der Waals surface area (Å²) in [6, 6.07) is 11.3. The average molecular weight is 815 g/mol. The number of aliphatic imine (C=N–C) groups is 1. The summed E-state index contributed by atoms with van der Waals surface area (Å²) in [5.41, 5.74) is 5.54. The predicted octanol–water partition coefficient (Wildman–Crippen LogP) is 5.28. The number of aromatic nitrogens is 5. The lowest BCUT2D eigenvalue weighted by Crippen LogP contribution is -2.55. The van der Waals surface area contributed by atoms with Crippen molar-refractivity contribution < 1.29 is 14.3 Å². The highest BCUT2D eigenvalue weighted by Crippen LogP contribution is 2.40. The number of imide groups is 1. The summed E-state index contributed by atoms with van der Waals surface area (Å²) in [6.45, 7) is 12.4. The molecule has 2 amide bonds. The van der Waals surface area contributed by atoms with E-state index in [0.717, 1.165) is 116 Å². The van der Waals surface area contributed by atoms with Crippen molar-refractivity contribution in [2.45, 2.75) is 76.4 Å². The molecule has 4 aromatic heterocycles. The number of carbonyl (C=O) groups is 2. The number of nitriles is 1. The van der Waals surface area contributed by atoms with E-state index in [2.05, 4.69) is 49.1 Å². The minimum absolute atomic E-state index is 0.224. The number of amides is 2. The topological polar surface area (TPSA) is 169 Å². The summed E-state index contributed by atoms with van der Waals surface area (Å²) in [5.74, 6) is 0.619. The van der Waals surface area contributed by atoms with Crippen LogP contribution in [-0.2, 0) is 14.3 Å². The molecule has 5 aliphatic heterocycles. The van der Waals surface area contributed by atoms with E-state index in [1.54, 1.807) is 23.7 Å². The van der Waals surface area contributed by atoms with Gasteiger partial charge in [-0.05, 0) is 93.7 Å². The maximum atomic E-state index is 12.3. The maximum Gasteiger partial charge on any atom is 0.234 e. The molecule has 3 atom stereocenters. The number of rotatable bonds is 11. The quantitative estimate of drug-likeness (QED) is 0.149. The summed E-state index contributed by atoms with van der Waals surface area (Å²) in [7, 11) is 0. The van der Waals surface area contributed by atoms with E-state index in [-0.39, 0.29) is 17.9 Å². The first-order valence-corrected chi connectivity index (χ1v) is 21.7. The number of piperidine rings is 2. The Morgan fingerprint density at radius 2 is 1.86 bits per heavy atom. The number of pyridine rings is 1. The second-order valence-electron chi connectivity index (χ2n) is 16.3. The van der Waals surface area contributed by atoms with Crippen LogP contribution in [-0.4, -0.2) is 117 Å². The first-order chi connectivity index (χ1) is 28.8. The molecule has 306 valence electrons. The molecule has 2 bridgehead atoms. The molecule has 0 aliphatic carbocycles. The standard InChI is InChI=1S/C43H50N12O3S/c1-3-39(46-21-27(2)34-7-9-40(56)49-41(34)57)52-14-10-28(11-15-52)24-54-32-4-5-33(54)26-53(25-32)43-51-50-42(59-43)35-23-45-37(19-36(35)48-30-12-16-58-17-13-30)38-8-6-31-18-29(20-44)22-47-55(31)38/h3,6,8,18-19,21-23,28,30,32-34H,2,4-5,7,9-17,24-26H2,1H3,(H,45,48)(H,49,56,57)/b39-3+,46-21?/t32?,33?,34-/m0/s1. The van der Waals surface area contributed by atoms with E-state index in [9.17, 15) is 14.9 Å². The van der Waals surface area contributed by atoms with Gasteiger partial charge < -0.3 is 19.9 Å². The number of hydrogen-bond donors (Lipinski definition) is 2. The minimum atomic E-state index is -0.407. The third-order valence-corrected chi connectivity index (χ3v) is 13.7. The number of nitrogens with one attached hydrogen (secondary N) is 2. The molecule has 4 aromatic rings. The zero-order valence-electron chi connectivity index (χ0n) is 33.4. The smallest absolute Gasteiger partial charge is 0.234 e. The van der Waals surface area contributed by atoms with Crippen LogP contribution in [0.2, 0.25) is 0 Å². The molecule has 5 fully saturated rings. The Bertz CT molecular complexity index is 2320. The molecule has 16 heteroatoms. The number of ether oxygens (including phenoxy) is 1. The third-order valence-electron chi connectivity index (χ3n) is 12.6. The average Bonchev–Trinajstić information content (AvgIpc) is 3.97. The summed E-state index contributed by atoms with van der Waals surface area (Å²) in [5, 5.41) is 31.4. The molecule has 9 rings (SSSR count). The number of fused-ring (bicyclic) bond motifs is 3. The number of anilines is 2. The molecule has 59 heavy (non-hydrogen) atoms. The third kappa shape index (κ3) is 8.24. The number of carbonyl (C=O) groups excluding carboxylic acids is 2. The van der Waals surface area contributed by atoms with E-state index in [1.807, 2.05) is 41.9 Å². The van der Waals surface area contributed by atoms with Crippen molar-refractivity contribution in [3.8, 4) is 28.0 Å². The normalized spacial score (nSPS) is 23.6. The lowest BCUT2D eigenvalue weighted by molar-refractivity contribution is -0.135. The molecule has 9 heterocycles. The fourth-order valence-corrected chi connectivity index (χ4v) is 10.3. The minimum Gasteiger partial charge on any atom is -0.381 e. The second-order valence-corrected chi connectivity index (χ2v) is 17.3. The molecule has 0 radical (unpaired) electrons. The van der Waals surface area contributed by atoms with Gasteiger partial charge in [-0.15, -0.1) is 10.2 Å². The van der Waals surface area contributed by atoms with E-state index < -0.39 is 5.92 Å². The summed E-state index contributed by atoms with van der Waals surface area (Å²) in [6.07, 6.45) is 14.5. The number of likely N-dealkylation sites (tertiary alicyclic amines) is 1. The van der Waals surface area contributed by atoms with Gasteiger partial charge in [-0.25, -0.2) is 9.51 Å². The first-order valence-electron chi connectivity index (χ1n) is 20.9. The van der Waals surface area contributed by atoms with Crippen molar-refractivity contribution in [2.24, 2.45) is 16.8 Å². The van der Waals surface area contributed by atoms with Crippen molar-refractivity contribution in [3.63, 3.8) is 0 Å². The molecule has 0 aromatic carbocycles. The van der Waals surface area contributed by atoms with Gasteiger partial charge >= 0.3 is 0 Å². The Balaban J connectivity index is 0.836. The molecule has 0 saturated carbocycles. The van der Waals surface area contributed by atoms with Crippen molar-refractivity contribution in [1.82, 2.24) is 39.9 Å². The van der Waals surface area contributed by atoms with Gasteiger partial charge in [-0.1, -0.05) is 17.9 Å². The van der Waals surface area contributed by atoms with E-state index in [1.165, 1.54) is 12.8 Å². The Hall–Kier alpha value is -5.50. The Labute approximate surface area is 347 Å². The fraction of sp³-hybridized carbons (Fsp3) is 0.488. The van der Waals surface area contributed by atoms with Gasteiger partial charge in [0.25, 0.3) is 0 Å². The van der Waals surface area contributed by atoms with E-state index >= 15 is 0 Å². The van der Waals surface area contributed by atoms with Crippen LogP contribution < -0.4 is 15.5 Å². The number of allylic oxidation sites excluding steroid dienone is 1. The van der Waals surface area contributed by atoms with Gasteiger partial charge in [0.2, 0.25) is 16.9 Å². The Kier molecular flexibility index (Phi) is 11.2. The monoisotopic (exact) mass is 814 g/mol. The lowest BCUT2D eigenvalue weighted by Gasteiger charge is -2.43. The van der Waals surface area contributed by atoms with E-state index in [4.69, 9.17) is 24.9 Å². The van der Waals surface area contributed by atoms with Crippen LogP contribution in [0.1, 0.15) is 63.9 Å². The predicted molar refractivity (Wildman–Crippen MR) is 227 cm³/mol. The van der Waals surface area contributed by atoms with Crippen LogP contribution >= 0.6 is 11.3 Å². The van der Waals surface area contributed by atoms with Crippen LogP contribution in [0.4, 0.5) is 10.8 Å². The highest BCUT2D eigenvalue weighted by atomic mass is 32.1. The highest BCUT2D eigenvalue weighted by molar-refractivity contribution is 7.18. The molecule has 2 unspecified atom stereocenters. The molecule has 0 spiro atoms. The van der Waals surface area contributed by atoms with Crippen molar-refractivity contribution in [3.05, 3.63) is 66.3 Å². The fourth-order valence-electron chi connectivity index (χ4n) is 9.37. The highest BCUT2D eigenvalue weighted by Gasteiger charge is 2.42. The Morgan fingerprint density at radius 3 is 2.61 bits per heavy atom. The van der Waals surface area contributed by atoms with Crippen LogP contribution in [0.3, 0.4) is 0 Å². The number of hydrogen-bond acceptors (Lipinski definition) is 14. The zero-order valence-corrected chi connectivity index (χ0v) is 34.2. The van der Waals surface area contributed by atoms with Crippen LogP contribution in [0.15, 0.2) is 65.7 Å². The van der Waals surface area contributed by atoms with Gasteiger partial charge in [0.15, 0.2) is 5.01 Å². The lowest BCUT2D eigenvalue weighted by atomic mass is 9.92. The SMILES string of the molecule is C=C(C=N/C(=C\C)N1CCC(CN2C3CCC2CN(c2nnc(-c4cnc(-c5ccc6cc(C#N)cnn56)cc4NC4CCOCC4)s2)C3)CC1)[C@@H]1CCC(=O)NC1=O. The van der Waals surface area contributed by atoms with E-state index in [0.29, 0.717) is 42.0 Å². The Morgan fingerprint density at radius 1 is 1.07 bits per heavy atom. The van der Waals surface area contributed by atoms with Crippen LogP contribution in [0.25, 0.3) is 27.5 Å². The largest absolute Gasteiger partial charge is 0.381 e. The van der Waals surface area contributed by atoms with Gasteiger partial charge in [-0.2, -0.15) is 10.4 Å². The molecular formula is C43H50N12O3S. The van der Waals surface area contributed by atoms with Crippen molar-refractivity contribution in [2.75, 3.05) is 56.2 Å². The first kappa shape index (κ1) is 39.0. The summed E-state index contributed by atoms with van der Waals surface area (Å²) in [4.78, 5) is 41.1. The molecule has 2 N–H and O–H groups in total. The number of nitrogens with zero attached hydrogens (tertiary/aromatic N) is 10. The molecular weight excluding hydrogens is 765 g/mol. The maximum absolute atomic E-state index is 12.3. The van der Waals surface area contributed by atoms with Gasteiger partial charge in [0, 0.05) is 88.6 Å². The van der Waals surface area contributed by atoms with Crippen molar-refractivity contribution >= 4 is 45.7 Å². The van der Waals surface area contributed by atoms with Crippen LogP contribution in [0.5, 0.6) is 0 Å². The van der Waals surface area contributed by atoms with Gasteiger partial charge in [0.1, 0.15) is 11.9 Å².